The first-order chi connectivity index (χ1) is 9.61. The second-order valence-electron chi connectivity index (χ2n) is 4.61. The van der Waals surface area contributed by atoms with Crippen molar-refractivity contribution < 1.29 is 14.3 Å². The number of hydrogen-bond acceptors (Lipinski definition) is 3. The molecule has 1 atom stereocenters. The molecule has 1 aromatic carbocycles. The fourth-order valence-electron chi connectivity index (χ4n) is 1.68. The third-order valence-corrected chi connectivity index (χ3v) is 2.88. The summed E-state index contributed by atoms with van der Waals surface area (Å²) in [5.41, 5.74) is 0.527. The van der Waals surface area contributed by atoms with Gasteiger partial charge < -0.3 is 10.4 Å². The summed E-state index contributed by atoms with van der Waals surface area (Å²) in [6, 6.07) is 5.91. The molecule has 106 valence electrons. The molecule has 1 unspecified atom stereocenters. The molecule has 0 saturated heterocycles. The molecular formula is C14H16FN3O2. The van der Waals surface area contributed by atoms with Gasteiger partial charge in [-0.2, -0.15) is 5.10 Å². The Morgan fingerprint density at radius 1 is 1.55 bits per heavy atom. The monoisotopic (exact) mass is 277 g/mol. The number of carbonyl (C=O) groups excluding carboxylic acids is 1. The van der Waals surface area contributed by atoms with Gasteiger partial charge in [0.05, 0.1) is 0 Å². The number of benzene rings is 1. The zero-order valence-corrected chi connectivity index (χ0v) is 11.1. The van der Waals surface area contributed by atoms with Gasteiger partial charge >= 0.3 is 0 Å². The minimum Gasteiger partial charge on any atom is -0.396 e. The predicted octanol–water partition coefficient (Wildman–Crippen LogP) is 1.37. The first-order valence-corrected chi connectivity index (χ1v) is 6.30. The molecule has 0 fully saturated rings. The smallest absolute Gasteiger partial charge is 0.251 e. The van der Waals surface area contributed by atoms with E-state index >= 15 is 0 Å². The van der Waals surface area contributed by atoms with Gasteiger partial charge in [0.25, 0.3) is 5.91 Å². The van der Waals surface area contributed by atoms with E-state index in [1.165, 1.54) is 16.8 Å². The van der Waals surface area contributed by atoms with Crippen LogP contribution in [0.15, 0.2) is 36.7 Å². The van der Waals surface area contributed by atoms with Crippen LogP contribution in [-0.2, 0) is 0 Å². The molecule has 5 nitrogen and oxygen atoms in total. The van der Waals surface area contributed by atoms with Crippen molar-refractivity contribution in [2.24, 2.45) is 5.92 Å². The molecule has 1 aromatic heterocycles. The fourth-order valence-corrected chi connectivity index (χ4v) is 1.68. The Balaban J connectivity index is 2.11. The lowest BCUT2D eigenvalue weighted by Crippen LogP contribution is -2.29. The van der Waals surface area contributed by atoms with Crippen molar-refractivity contribution in [3.8, 4) is 5.69 Å². The first-order valence-electron chi connectivity index (χ1n) is 6.30. The lowest BCUT2D eigenvalue weighted by molar-refractivity contribution is 0.0942. The number of nitrogens with zero attached hydrogens (tertiary/aromatic N) is 2. The molecule has 2 N–H and O–H groups in total. The molecule has 20 heavy (non-hydrogen) atoms. The maximum atomic E-state index is 14.0. The Labute approximate surface area is 116 Å². The van der Waals surface area contributed by atoms with Crippen LogP contribution in [0, 0.1) is 11.7 Å². The Bertz CT molecular complexity index is 584. The summed E-state index contributed by atoms with van der Waals surface area (Å²) >= 11 is 0. The number of carbonyl (C=O) groups is 1. The molecule has 0 spiro atoms. The molecule has 2 aromatic rings. The summed E-state index contributed by atoms with van der Waals surface area (Å²) in [6.45, 7) is 2.15. The van der Waals surface area contributed by atoms with Crippen LogP contribution in [0.2, 0.25) is 0 Å². The Hall–Kier alpha value is -2.21. The highest BCUT2D eigenvalue weighted by molar-refractivity contribution is 5.94. The quantitative estimate of drug-likeness (QED) is 0.867. The van der Waals surface area contributed by atoms with Gasteiger partial charge in [0.15, 0.2) is 0 Å². The molecule has 0 aliphatic rings. The van der Waals surface area contributed by atoms with Crippen molar-refractivity contribution in [2.45, 2.75) is 6.92 Å². The topological polar surface area (TPSA) is 67.2 Å². The van der Waals surface area contributed by atoms with Crippen molar-refractivity contribution in [3.05, 3.63) is 48.0 Å². The van der Waals surface area contributed by atoms with Crippen LogP contribution in [0.5, 0.6) is 0 Å². The molecule has 0 aliphatic heterocycles. The van der Waals surface area contributed by atoms with E-state index in [4.69, 9.17) is 5.11 Å². The van der Waals surface area contributed by atoms with Gasteiger partial charge in [0, 0.05) is 31.1 Å². The van der Waals surface area contributed by atoms with Crippen LogP contribution in [0.1, 0.15) is 17.3 Å². The van der Waals surface area contributed by atoms with E-state index in [0.717, 1.165) is 0 Å². The number of aromatic nitrogens is 2. The Morgan fingerprint density at radius 3 is 2.95 bits per heavy atom. The molecule has 6 heteroatoms. The average Bonchev–Trinajstić information content (AvgIpc) is 2.98. The van der Waals surface area contributed by atoms with Gasteiger partial charge in [-0.05, 0) is 30.2 Å². The minimum absolute atomic E-state index is 0.00707. The van der Waals surface area contributed by atoms with Gasteiger partial charge in [0.1, 0.15) is 11.5 Å². The maximum absolute atomic E-state index is 14.0. The summed E-state index contributed by atoms with van der Waals surface area (Å²) in [7, 11) is 0. The van der Waals surface area contributed by atoms with Gasteiger partial charge in [-0.1, -0.05) is 6.92 Å². The first kappa shape index (κ1) is 14.2. The third kappa shape index (κ3) is 3.21. The molecule has 0 aliphatic carbocycles. The summed E-state index contributed by atoms with van der Waals surface area (Å²) in [5.74, 6) is -0.917. The number of aliphatic hydroxyl groups excluding tert-OH is 1. The number of halogens is 1. The van der Waals surface area contributed by atoms with Crippen LogP contribution in [0.25, 0.3) is 5.69 Å². The van der Waals surface area contributed by atoms with Gasteiger partial charge in [-0.15, -0.1) is 0 Å². The van der Waals surface area contributed by atoms with Crippen molar-refractivity contribution in [1.29, 1.82) is 0 Å². The summed E-state index contributed by atoms with van der Waals surface area (Å²) < 4.78 is 15.4. The van der Waals surface area contributed by atoms with Crippen LogP contribution < -0.4 is 5.32 Å². The fraction of sp³-hybridized carbons (Fsp3) is 0.286. The normalized spacial score (nSPS) is 12.2. The summed E-state index contributed by atoms with van der Waals surface area (Å²) in [5, 5.41) is 15.5. The van der Waals surface area contributed by atoms with E-state index in [1.807, 2.05) is 6.92 Å². The van der Waals surface area contributed by atoms with Gasteiger partial charge in [-0.25, -0.2) is 9.07 Å². The lowest BCUT2D eigenvalue weighted by atomic mass is 10.1. The maximum Gasteiger partial charge on any atom is 0.251 e. The zero-order chi connectivity index (χ0) is 14.5. The SMILES string of the molecule is CC(CO)CNC(=O)c1ccc(-n2cccn2)c(F)c1. The number of hydrogen-bond donors (Lipinski definition) is 2. The molecule has 1 heterocycles. The second-order valence-corrected chi connectivity index (χ2v) is 4.61. The van der Waals surface area contributed by atoms with Gasteiger partial charge in [0.2, 0.25) is 0 Å². The summed E-state index contributed by atoms with van der Waals surface area (Å²) in [6.07, 6.45) is 3.18. The number of nitrogens with one attached hydrogen (secondary N) is 1. The van der Waals surface area contributed by atoms with Crippen molar-refractivity contribution >= 4 is 5.91 Å². The minimum atomic E-state index is -0.517. The van der Waals surface area contributed by atoms with Crippen LogP contribution in [0.3, 0.4) is 0 Å². The number of rotatable bonds is 5. The average molecular weight is 277 g/mol. The molecule has 1 amide bonds. The lowest BCUT2D eigenvalue weighted by Gasteiger charge is -2.10. The van der Waals surface area contributed by atoms with E-state index in [9.17, 15) is 9.18 Å². The Morgan fingerprint density at radius 2 is 2.35 bits per heavy atom. The molecule has 2 rings (SSSR count). The highest BCUT2D eigenvalue weighted by Crippen LogP contribution is 2.14. The van der Waals surface area contributed by atoms with Crippen molar-refractivity contribution in [1.82, 2.24) is 15.1 Å². The second kappa shape index (κ2) is 6.29. The van der Waals surface area contributed by atoms with Crippen molar-refractivity contribution in [3.63, 3.8) is 0 Å². The third-order valence-electron chi connectivity index (χ3n) is 2.88. The van der Waals surface area contributed by atoms with E-state index < -0.39 is 5.82 Å². The van der Waals surface area contributed by atoms with E-state index in [2.05, 4.69) is 10.4 Å². The molecule has 0 bridgehead atoms. The largest absolute Gasteiger partial charge is 0.396 e. The highest BCUT2D eigenvalue weighted by Gasteiger charge is 2.11. The Kier molecular flexibility index (Phi) is 4.47. The van der Waals surface area contributed by atoms with Crippen LogP contribution >= 0.6 is 0 Å². The highest BCUT2D eigenvalue weighted by atomic mass is 19.1. The molecule has 0 saturated carbocycles. The van der Waals surface area contributed by atoms with Gasteiger partial charge in [-0.3, -0.25) is 4.79 Å². The van der Waals surface area contributed by atoms with Crippen molar-refractivity contribution in [2.75, 3.05) is 13.2 Å². The standard InChI is InChI=1S/C14H16FN3O2/c1-10(9-19)8-16-14(20)11-3-4-13(12(15)7-11)18-6-2-5-17-18/h2-7,10,19H,8-9H2,1H3,(H,16,20). The van der Waals surface area contributed by atoms with E-state index in [-0.39, 0.29) is 29.7 Å². The summed E-state index contributed by atoms with van der Waals surface area (Å²) in [4.78, 5) is 11.8. The number of amides is 1. The van der Waals surface area contributed by atoms with E-state index in [1.54, 1.807) is 24.5 Å². The molecular weight excluding hydrogens is 261 g/mol. The predicted molar refractivity (Wildman–Crippen MR) is 72.1 cm³/mol. The zero-order valence-electron chi connectivity index (χ0n) is 11.1. The van der Waals surface area contributed by atoms with Crippen LogP contribution in [-0.4, -0.2) is 33.9 Å². The molecule has 0 radical (unpaired) electrons. The van der Waals surface area contributed by atoms with Crippen LogP contribution in [0.4, 0.5) is 4.39 Å². The number of aliphatic hydroxyl groups is 1. The van der Waals surface area contributed by atoms with E-state index in [0.29, 0.717) is 6.54 Å².